The molecule has 0 radical (unpaired) electrons. The van der Waals surface area contributed by atoms with Gasteiger partial charge in [-0.15, -0.1) is 0 Å². The van der Waals surface area contributed by atoms with Gasteiger partial charge in [-0.05, 0) is 34.8 Å². The summed E-state index contributed by atoms with van der Waals surface area (Å²) in [4.78, 5) is 15.0. The summed E-state index contributed by atoms with van der Waals surface area (Å²) in [6.07, 6.45) is 3.41. The van der Waals surface area contributed by atoms with Crippen LogP contribution in [0.4, 0.5) is 0 Å². The van der Waals surface area contributed by atoms with Crippen LogP contribution in [0.3, 0.4) is 0 Å². The minimum atomic E-state index is -0.938. The van der Waals surface area contributed by atoms with Crippen LogP contribution in [0.1, 0.15) is 18.4 Å². The molecule has 1 spiro atoms. The first kappa shape index (κ1) is 13.0. The zero-order chi connectivity index (χ0) is 13.5. The number of aromatic nitrogens is 1. The Morgan fingerprint density at radius 3 is 2.79 bits per heavy atom. The molecule has 1 aliphatic carbocycles. The number of nitrogens with zero attached hydrogens (tertiary/aromatic N) is 1. The summed E-state index contributed by atoms with van der Waals surface area (Å²) in [7, 11) is 0. The predicted octanol–water partition coefficient (Wildman–Crippen LogP) is 1.52. The van der Waals surface area contributed by atoms with Crippen molar-refractivity contribution in [2.75, 3.05) is 19.7 Å². The molecule has 2 heterocycles. The van der Waals surface area contributed by atoms with E-state index in [1.165, 1.54) is 0 Å². The molecule has 0 atom stereocenters. The first-order chi connectivity index (χ1) is 9.05. The van der Waals surface area contributed by atoms with Crippen LogP contribution in [-0.4, -0.2) is 35.8 Å². The Morgan fingerprint density at radius 1 is 1.53 bits per heavy atom. The molecule has 1 saturated carbocycles. The number of ether oxygens (including phenoxy) is 1. The van der Waals surface area contributed by atoms with Crippen molar-refractivity contribution in [1.82, 2.24) is 10.3 Å². The molecule has 19 heavy (non-hydrogen) atoms. The van der Waals surface area contributed by atoms with E-state index in [0.717, 1.165) is 36.1 Å². The molecular formula is C13H15BrN2O3. The van der Waals surface area contributed by atoms with Gasteiger partial charge in [0, 0.05) is 30.3 Å². The number of carbonyl (C=O) groups is 1. The first-order valence-corrected chi connectivity index (χ1v) is 7.02. The van der Waals surface area contributed by atoms with Gasteiger partial charge in [-0.1, -0.05) is 6.07 Å². The Morgan fingerprint density at radius 2 is 2.26 bits per heavy atom. The number of hydrogen-bond donors (Lipinski definition) is 2. The topological polar surface area (TPSA) is 71.5 Å². The largest absolute Gasteiger partial charge is 0.480 e. The maximum Gasteiger partial charge on any atom is 0.329 e. The zero-order valence-corrected chi connectivity index (χ0v) is 11.9. The van der Waals surface area contributed by atoms with E-state index in [4.69, 9.17) is 9.84 Å². The van der Waals surface area contributed by atoms with Gasteiger partial charge in [0.1, 0.15) is 11.2 Å². The average molecular weight is 327 g/mol. The second-order valence-corrected chi connectivity index (χ2v) is 6.23. The third-order valence-electron chi connectivity index (χ3n) is 4.04. The number of halogens is 1. The maximum atomic E-state index is 10.8. The number of carboxylic acid groups (broad SMARTS) is 1. The molecule has 2 N–H and O–H groups in total. The number of aliphatic carboxylic acids is 1. The summed E-state index contributed by atoms with van der Waals surface area (Å²) in [6, 6.07) is 3.81. The van der Waals surface area contributed by atoms with Crippen molar-refractivity contribution < 1.29 is 14.6 Å². The van der Waals surface area contributed by atoms with E-state index in [1.54, 1.807) is 6.20 Å². The highest BCUT2D eigenvalue weighted by atomic mass is 79.9. The third kappa shape index (κ3) is 2.17. The number of rotatable bonds is 4. The van der Waals surface area contributed by atoms with Gasteiger partial charge in [0.15, 0.2) is 0 Å². The second kappa shape index (κ2) is 4.54. The summed E-state index contributed by atoms with van der Waals surface area (Å²) in [5, 5.41) is 12.1. The van der Waals surface area contributed by atoms with Crippen molar-refractivity contribution in [3.05, 3.63) is 28.5 Å². The van der Waals surface area contributed by atoms with Crippen LogP contribution in [0.25, 0.3) is 0 Å². The van der Waals surface area contributed by atoms with Crippen molar-refractivity contribution in [1.29, 1.82) is 0 Å². The molecule has 1 aliphatic heterocycles. The average Bonchev–Trinajstić information content (AvgIpc) is 2.27. The van der Waals surface area contributed by atoms with Gasteiger partial charge in [0.2, 0.25) is 0 Å². The third-order valence-corrected chi connectivity index (χ3v) is 4.67. The molecule has 1 aromatic heterocycles. The van der Waals surface area contributed by atoms with E-state index in [2.05, 4.69) is 26.2 Å². The smallest absolute Gasteiger partial charge is 0.329 e. The van der Waals surface area contributed by atoms with Crippen LogP contribution < -0.4 is 5.32 Å². The normalized spacial score (nSPS) is 22.6. The van der Waals surface area contributed by atoms with E-state index in [9.17, 15) is 4.79 Å². The minimum absolute atomic E-state index is 0.273. The summed E-state index contributed by atoms with van der Waals surface area (Å²) in [5.41, 5.74) is 0.732. The van der Waals surface area contributed by atoms with E-state index in [-0.39, 0.29) is 12.0 Å². The van der Waals surface area contributed by atoms with E-state index in [0.29, 0.717) is 0 Å². The quantitative estimate of drug-likeness (QED) is 0.821. The van der Waals surface area contributed by atoms with Crippen LogP contribution in [0.5, 0.6) is 0 Å². The van der Waals surface area contributed by atoms with Crippen LogP contribution in [0.2, 0.25) is 0 Å². The zero-order valence-electron chi connectivity index (χ0n) is 10.4. The molecule has 2 aliphatic rings. The monoisotopic (exact) mass is 326 g/mol. The molecule has 0 amide bonds. The van der Waals surface area contributed by atoms with Gasteiger partial charge in [0.05, 0.1) is 5.60 Å². The van der Waals surface area contributed by atoms with E-state index < -0.39 is 11.6 Å². The molecular weight excluding hydrogens is 312 g/mol. The van der Waals surface area contributed by atoms with Crippen molar-refractivity contribution in [2.45, 2.75) is 18.4 Å². The van der Waals surface area contributed by atoms with Gasteiger partial charge in [-0.2, -0.15) is 0 Å². The number of carboxylic acids is 1. The Labute approximate surface area is 119 Å². The Kier molecular flexibility index (Phi) is 3.11. The molecule has 3 rings (SSSR count). The molecule has 5 nitrogen and oxygen atoms in total. The fourth-order valence-corrected chi connectivity index (χ4v) is 3.80. The highest BCUT2D eigenvalue weighted by Crippen LogP contribution is 2.59. The summed E-state index contributed by atoms with van der Waals surface area (Å²) >= 11 is 3.44. The fourth-order valence-electron chi connectivity index (χ4n) is 3.18. The highest BCUT2D eigenvalue weighted by molar-refractivity contribution is 9.10. The van der Waals surface area contributed by atoms with Crippen molar-refractivity contribution in [3.63, 3.8) is 0 Å². The van der Waals surface area contributed by atoms with Crippen LogP contribution >= 0.6 is 15.9 Å². The van der Waals surface area contributed by atoms with Crippen molar-refractivity contribution >= 4 is 21.9 Å². The van der Waals surface area contributed by atoms with Crippen LogP contribution in [-0.2, 0) is 15.1 Å². The minimum Gasteiger partial charge on any atom is -0.480 e. The molecule has 1 saturated heterocycles. The second-order valence-electron chi connectivity index (χ2n) is 5.48. The highest BCUT2D eigenvalue weighted by Gasteiger charge is 2.59. The Bertz CT molecular complexity index is 508. The maximum absolute atomic E-state index is 10.8. The molecule has 102 valence electrons. The number of pyridine rings is 1. The molecule has 0 bridgehead atoms. The first-order valence-electron chi connectivity index (χ1n) is 6.23. The van der Waals surface area contributed by atoms with Crippen LogP contribution in [0, 0.1) is 5.41 Å². The van der Waals surface area contributed by atoms with Gasteiger partial charge < -0.3 is 15.2 Å². The lowest BCUT2D eigenvalue weighted by atomic mass is 9.54. The van der Waals surface area contributed by atoms with Gasteiger partial charge >= 0.3 is 5.97 Å². The lowest BCUT2D eigenvalue weighted by Gasteiger charge is -2.60. The fraction of sp³-hybridized carbons (Fsp3) is 0.538. The molecule has 1 aromatic rings. The summed E-state index contributed by atoms with van der Waals surface area (Å²) in [5.74, 6) is -0.938. The molecule has 0 aromatic carbocycles. The van der Waals surface area contributed by atoms with E-state index in [1.807, 2.05) is 12.1 Å². The van der Waals surface area contributed by atoms with Gasteiger partial charge in [-0.25, -0.2) is 9.78 Å². The SMILES string of the molecule is O=C(O)COC1(c2cccnc2Br)CC2(CNC2)C1. The van der Waals surface area contributed by atoms with Gasteiger partial charge in [0.25, 0.3) is 0 Å². The Hall–Kier alpha value is -0.980. The Balaban J connectivity index is 1.85. The standard InChI is InChI=1S/C13H15BrN2O3/c14-11-9(2-1-3-16-11)13(19-4-10(17)18)5-12(6-13)7-15-8-12/h1-3,15H,4-8H2,(H,17,18). The number of nitrogens with one attached hydrogen (secondary N) is 1. The number of hydrogen-bond acceptors (Lipinski definition) is 4. The molecule has 2 fully saturated rings. The molecule has 0 unspecified atom stereocenters. The summed E-state index contributed by atoms with van der Waals surface area (Å²) in [6.45, 7) is 1.71. The molecule has 6 heteroatoms. The van der Waals surface area contributed by atoms with Crippen LogP contribution in [0.15, 0.2) is 22.9 Å². The van der Waals surface area contributed by atoms with Crippen molar-refractivity contribution in [2.24, 2.45) is 5.41 Å². The van der Waals surface area contributed by atoms with E-state index >= 15 is 0 Å². The summed E-state index contributed by atoms with van der Waals surface area (Å²) < 4.78 is 6.47. The lowest BCUT2D eigenvalue weighted by molar-refractivity contribution is -0.200. The van der Waals surface area contributed by atoms with Gasteiger partial charge in [-0.3, -0.25) is 0 Å². The van der Waals surface area contributed by atoms with Crippen molar-refractivity contribution in [3.8, 4) is 0 Å². The predicted molar refractivity (Wildman–Crippen MR) is 71.7 cm³/mol. The lowest BCUT2D eigenvalue weighted by Crippen LogP contribution is -2.66.